The van der Waals surface area contributed by atoms with Crippen molar-refractivity contribution in [1.29, 1.82) is 0 Å². The molecule has 2 amide bonds. The maximum Gasteiger partial charge on any atom is 0.343 e. The van der Waals surface area contributed by atoms with Gasteiger partial charge >= 0.3 is 5.97 Å². The van der Waals surface area contributed by atoms with E-state index in [1.807, 2.05) is 36.4 Å². The SMILES string of the molecule is O=C(Oc1ccc2ccccc2c1)c1ccc(N2C(=O)[C@@H]3[C@@H](C2=O)[C@H]2C=C[C@H]3C2)cc1. The highest BCUT2D eigenvalue weighted by Gasteiger charge is 2.59. The topological polar surface area (TPSA) is 63.7 Å². The van der Waals surface area contributed by atoms with E-state index in [-0.39, 0.29) is 35.5 Å². The maximum atomic E-state index is 12.9. The molecule has 0 aromatic heterocycles. The second kappa shape index (κ2) is 6.64. The van der Waals surface area contributed by atoms with Gasteiger partial charge in [-0.05, 0) is 65.4 Å². The number of amides is 2. The fraction of sp³-hybridized carbons (Fsp3) is 0.192. The predicted octanol–water partition coefficient (Wildman–Crippen LogP) is 4.37. The van der Waals surface area contributed by atoms with Crippen molar-refractivity contribution in [3.63, 3.8) is 0 Å². The van der Waals surface area contributed by atoms with Crippen LogP contribution in [0.25, 0.3) is 10.8 Å². The van der Waals surface area contributed by atoms with Crippen LogP contribution < -0.4 is 9.64 Å². The number of ether oxygens (including phenoxy) is 1. The highest BCUT2D eigenvalue weighted by molar-refractivity contribution is 6.22. The number of hydrogen-bond donors (Lipinski definition) is 0. The van der Waals surface area contributed by atoms with Gasteiger partial charge in [0.1, 0.15) is 5.75 Å². The zero-order valence-electron chi connectivity index (χ0n) is 16.6. The Hall–Kier alpha value is -3.73. The molecule has 31 heavy (non-hydrogen) atoms. The number of esters is 1. The maximum absolute atomic E-state index is 12.9. The van der Waals surface area contributed by atoms with Gasteiger partial charge in [-0.3, -0.25) is 14.5 Å². The second-order valence-electron chi connectivity index (χ2n) is 8.46. The molecule has 4 atom stereocenters. The normalized spacial score (nSPS) is 26.0. The molecule has 2 aliphatic carbocycles. The molecule has 0 unspecified atom stereocenters. The summed E-state index contributed by atoms with van der Waals surface area (Å²) in [6, 6.07) is 19.8. The Bertz CT molecular complexity index is 1250. The summed E-state index contributed by atoms with van der Waals surface area (Å²) in [5.74, 6) is -0.398. The first-order chi connectivity index (χ1) is 15.1. The third-order valence-corrected chi connectivity index (χ3v) is 6.76. The van der Waals surface area contributed by atoms with E-state index in [2.05, 4.69) is 12.2 Å². The molecule has 1 saturated heterocycles. The van der Waals surface area contributed by atoms with E-state index in [4.69, 9.17) is 4.74 Å². The Labute approximate surface area is 178 Å². The van der Waals surface area contributed by atoms with Crippen molar-refractivity contribution in [3.8, 4) is 5.75 Å². The van der Waals surface area contributed by atoms with Crippen LogP contribution in [0.2, 0.25) is 0 Å². The van der Waals surface area contributed by atoms with Crippen LogP contribution in [-0.4, -0.2) is 17.8 Å². The summed E-state index contributed by atoms with van der Waals surface area (Å²) >= 11 is 0. The molecular weight excluding hydrogens is 390 g/mol. The first-order valence-corrected chi connectivity index (χ1v) is 10.5. The van der Waals surface area contributed by atoms with Crippen molar-refractivity contribution < 1.29 is 19.1 Å². The summed E-state index contributed by atoms with van der Waals surface area (Å²) in [5.41, 5.74) is 0.865. The molecule has 1 aliphatic heterocycles. The molecule has 3 aliphatic rings. The Kier molecular flexibility index (Phi) is 3.87. The van der Waals surface area contributed by atoms with Gasteiger partial charge in [0, 0.05) is 0 Å². The molecular formula is C26H19NO4. The summed E-state index contributed by atoms with van der Waals surface area (Å²) in [6.45, 7) is 0. The molecule has 0 radical (unpaired) electrons. The van der Waals surface area contributed by atoms with Crippen molar-refractivity contribution in [3.05, 3.63) is 84.4 Å². The fourth-order valence-corrected chi connectivity index (χ4v) is 5.30. The minimum Gasteiger partial charge on any atom is -0.423 e. The zero-order chi connectivity index (χ0) is 21.1. The Balaban J connectivity index is 1.21. The lowest BCUT2D eigenvalue weighted by molar-refractivity contribution is -0.123. The van der Waals surface area contributed by atoms with E-state index in [1.54, 1.807) is 30.3 Å². The van der Waals surface area contributed by atoms with Crippen LogP contribution in [-0.2, 0) is 9.59 Å². The van der Waals surface area contributed by atoms with Gasteiger partial charge in [0.15, 0.2) is 0 Å². The van der Waals surface area contributed by atoms with Gasteiger partial charge in [-0.25, -0.2) is 4.79 Å². The van der Waals surface area contributed by atoms with Crippen LogP contribution in [0.4, 0.5) is 5.69 Å². The minimum absolute atomic E-state index is 0.127. The standard InChI is InChI=1S/C26H19NO4/c28-24-22-18-5-6-19(13-18)23(22)25(29)27(24)20-10-7-16(8-11-20)26(30)31-21-12-9-15-3-1-2-4-17(15)14-21/h1-12,14,18-19,22-23H,13H2/t18-,19-,22-,23-/m0/s1. The zero-order valence-corrected chi connectivity index (χ0v) is 16.6. The molecule has 152 valence electrons. The smallest absolute Gasteiger partial charge is 0.343 e. The van der Waals surface area contributed by atoms with Crippen LogP contribution >= 0.6 is 0 Å². The third-order valence-electron chi connectivity index (χ3n) is 6.76. The average molecular weight is 409 g/mol. The predicted molar refractivity (Wildman–Crippen MR) is 116 cm³/mol. The lowest BCUT2D eigenvalue weighted by atomic mass is 9.85. The van der Waals surface area contributed by atoms with Gasteiger partial charge in [-0.15, -0.1) is 0 Å². The molecule has 2 bridgehead atoms. The summed E-state index contributed by atoms with van der Waals surface area (Å²) < 4.78 is 5.52. The Morgan fingerprint density at radius 3 is 2.13 bits per heavy atom. The van der Waals surface area contributed by atoms with E-state index in [0.29, 0.717) is 17.0 Å². The van der Waals surface area contributed by atoms with Gasteiger partial charge in [0.2, 0.25) is 11.8 Å². The summed E-state index contributed by atoms with van der Waals surface area (Å²) in [4.78, 5) is 39.7. The summed E-state index contributed by atoms with van der Waals surface area (Å²) in [7, 11) is 0. The summed E-state index contributed by atoms with van der Waals surface area (Å²) in [5, 5.41) is 2.06. The van der Waals surface area contributed by atoms with Crippen molar-refractivity contribution in [2.45, 2.75) is 6.42 Å². The quantitative estimate of drug-likeness (QED) is 0.279. The summed E-state index contributed by atoms with van der Waals surface area (Å²) in [6.07, 6.45) is 5.05. The number of allylic oxidation sites excluding steroid dienone is 2. The first-order valence-electron chi connectivity index (χ1n) is 10.5. The van der Waals surface area contributed by atoms with Crippen LogP contribution in [0.15, 0.2) is 78.9 Å². The van der Waals surface area contributed by atoms with Gasteiger partial charge in [0.05, 0.1) is 23.1 Å². The first kappa shape index (κ1) is 18.1. The van der Waals surface area contributed by atoms with Crippen LogP contribution in [0.5, 0.6) is 5.75 Å². The molecule has 2 fully saturated rings. The van der Waals surface area contributed by atoms with Crippen molar-refractivity contribution >= 4 is 34.2 Å². The van der Waals surface area contributed by atoms with Gasteiger partial charge in [-0.2, -0.15) is 0 Å². The Morgan fingerprint density at radius 2 is 1.45 bits per heavy atom. The van der Waals surface area contributed by atoms with E-state index < -0.39 is 5.97 Å². The molecule has 5 heteroatoms. The molecule has 0 spiro atoms. The van der Waals surface area contributed by atoms with Crippen LogP contribution in [0.3, 0.4) is 0 Å². The Morgan fingerprint density at radius 1 is 0.806 bits per heavy atom. The third kappa shape index (κ3) is 2.73. The number of hydrogen-bond acceptors (Lipinski definition) is 4. The highest BCUT2D eigenvalue weighted by atomic mass is 16.5. The van der Waals surface area contributed by atoms with Crippen molar-refractivity contribution in [1.82, 2.24) is 0 Å². The van der Waals surface area contributed by atoms with Gasteiger partial charge < -0.3 is 4.74 Å². The molecule has 5 nitrogen and oxygen atoms in total. The number of anilines is 1. The monoisotopic (exact) mass is 409 g/mol. The van der Waals surface area contributed by atoms with E-state index in [1.165, 1.54) is 4.90 Å². The van der Waals surface area contributed by atoms with Crippen LogP contribution in [0.1, 0.15) is 16.8 Å². The largest absolute Gasteiger partial charge is 0.423 e. The number of nitrogens with zero attached hydrogens (tertiary/aromatic N) is 1. The van der Waals surface area contributed by atoms with Gasteiger partial charge in [0.25, 0.3) is 0 Å². The second-order valence-corrected chi connectivity index (χ2v) is 8.46. The fourth-order valence-electron chi connectivity index (χ4n) is 5.30. The lowest BCUT2D eigenvalue weighted by Gasteiger charge is -2.17. The number of fused-ring (bicyclic) bond motifs is 6. The van der Waals surface area contributed by atoms with E-state index in [0.717, 1.165) is 17.2 Å². The molecule has 1 heterocycles. The lowest BCUT2D eigenvalue weighted by Crippen LogP contribution is -2.32. The molecule has 6 rings (SSSR count). The minimum atomic E-state index is -0.486. The molecule has 1 saturated carbocycles. The number of rotatable bonds is 3. The molecule has 0 N–H and O–H groups in total. The number of carbonyl (C=O) groups excluding carboxylic acids is 3. The van der Waals surface area contributed by atoms with E-state index in [9.17, 15) is 14.4 Å². The number of imide groups is 1. The van der Waals surface area contributed by atoms with Crippen LogP contribution in [0, 0.1) is 23.7 Å². The number of benzene rings is 3. The molecule has 3 aromatic rings. The van der Waals surface area contributed by atoms with E-state index >= 15 is 0 Å². The molecule has 3 aromatic carbocycles. The van der Waals surface area contributed by atoms with Crippen molar-refractivity contribution in [2.75, 3.05) is 4.90 Å². The average Bonchev–Trinajstić information content (AvgIpc) is 3.47. The number of carbonyl (C=O) groups is 3. The van der Waals surface area contributed by atoms with Gasteiger partial charge in [-0.1, -0.05) is 42.5 Å². The van der Waals surface area contributed by atoms with Crippen molar-refractivity contribution in [2.24, 2.45) is 23.7 Å². The highest BCUT2D eigenvalue weighted by Crippen LogP contribution is 2.53.